The quantitative estimate of drug-likeness (QED) is 0.571. The molecule has 2 N–H and O–H groups in total. The van der Waals surface area contributed by atoms with Crippen molar-refractivity contribution in [1.82, 2.24) is 0 Å². The second-order valence-electron chi connectivity index (χ2n) is 8.05. The summed E-state index contributed by atoms with van der Waals surface area (Å²) in [6, 6.07) is 1.50. The van der Waals surface area contributed by atoms with E-state index in [9.17, 15) is 19.8 Å². The molecule has 3 unspecified atom stereocenters. The number of rotatable bonds is 5. The van der Waals surface area contributed by atoms with Crippen LogP contribution in [0.2, 0.25) is 0 Å². The lowest BCUT2D eigenvalue weighted by atomic mass is 9.61. The molecular weight excluding hydrogens is 340 g/mol. The molecule has 0 bridgehead atoms. The molecule has 146 valence electrons. The summed E-state index contributed by atoms with van der Waals surface area (Å²) in [5.41, 5.74) is 1.89. The number of ketones is 1. The number of aryl methyl sites for hydroxylation is 1. The monoisotopic (exact) mass is 370 g/mol. The van der Waals surface area contributed by atoms with Gasteiger partial charge in [0.05, 0.1) is 5.56 Å². The molecule has 1 aromatic rings. The second kappa shape index (κ2) is 8.12. The summed E-state index contributed by atoms with van der Waals surface area (Å²) in [5, 5.41) is 20.4. The third kappa shape index (κ3) is 4.15. The van der Waals surface area contributed by atoms with Crippen molar-refractivity contribution in [2.45, 2.75) is 53.9 Å². The Morgan fingerprint density at radius 1 is 1.33 bits per heavy atom. The van der Waals surface area contributed by atoms with Crippen LogP contribution in [0.5, 0.6) is 11.5 Å². The Labute approximate surface area is 161 Å². The van der Waals surface area contributed by atoms with E-state index in [1.54, 1.807) is 6.92 Å². The lowest BCUT2D eigenvalue weighted by molar-refractivity contribution is -0.129. The average molecular weight is 370 g/mol. The van der Waals surface area contributed by atoms with Crippen LogP contribution in [0.15, 0.2) is 29.9 Å². The standard InChI is InChI=1S/C23H30O4/c1-14(10-11-23(5)16(3)7-9-20(25)17(23)4)6-8-18-21(26)12-15(2)19(13-24)22(18)27/h6,10-13,16-17,26-27H,7-9H2,1-5H3/b11-10+,14-6+. The van der Waals surface area contributed by atoms with Crippen molar-refractivity contribution in [2.24, 2.45) is 17.3 Å². The number of Topliss-reactive ketones (excluding diaryl/α,β-unsaturated/α-hetero) is 1. The fourth-order valence-electron chi connectivity index (χ4n) is 3.80. The lowest BCUT2D eigenvalue weighted by Gasteiger charge is -2.42. The lowest BCUT2D eigenvalue weighted by Crippen LogP contribution is -2.40. The molecule has 0 amide bonds. The van der Waals surface area contributed by atoms with Gasteiger partial charge in [-0.2, -0.15) is 0 Å². The Kier molecular flexibility index (Phi) is 6.30. The molecule has 4 nitrogen and oxygen atoms in total. The summed E-state index contributed by atoms with van der Waals surface area (Å²) in [6.07, 6.45) is 8.52. The molecule has 0 aromatic heterocycles. The fourth-order valence-corrected chi connectivity index (χ4v) is 3.80. The minimum atomic E-state index is -0.177. The first-order chi connectivity index (χ1) is 12.6. The van der Waals surface area contributed by atoms with Crippen molar-refractivity contribution in [3.63, 3.8) is 0 Å². The molecule has 4 heteroatoms. The molecule has 1 aromatic carbocycles. The van der Waals surface area contributed by atoms with Crippen LogP contribution in [-0.2, 0) is 11.2 Å². The van der Waals surface area contributed by atoms with Gasteiger partial charge in [0.25, 0.3) is 0 Å². The number of carbonyl (C=O) groups excluding carboxylic acids is 2. The minimum Gasteiger partial charge on any atom is -0.508 e. The first-order valence-corrected chi connectivity index (χ1v) is 9.50. The van der Waals surface area contributed by atoms with Crippen LogP contribution in [0.1, 0.15) is 62.0 Å². The number of hydrogen-bond donors (Lipinski definition) is 2. The van der Waals surface area contributed by atoms with Crippen LogP contribution in [0.4, 0.5) is 0 Å². The normalized spacial score (nSPS) is 26.6. The molecule has 1 fully saturated rings. The predicted octanol–water partition coefficient (Wildman–Crippen LogP) is 4.91. The number of allylic oxidation sites excluding steroid dienone is 4. The van der Waals surface area contributed by atoms with Gasteiger partial charge in [-0.15, -0.1) is 0 Å². The van der Waals surface area contributed by atoms with Gasteiger partial charge in [-0.05, 0) is 49.7 Å². The highest BCUT2D eigenvalue weighted by Gasteiger charge is 2.41. The predicted molar refractivity (Wildman–Crippen MR) is 107 cm³/mol. The van der Waals surface area contributed by atoms with Gasteiger partial charge in [-0.25, -0.2) is 0 Å². The topological polar surface area (TPSA) is 74.6 Å². The van der Waals surface area contributed by atoms with Crippen molar-refractivity contribution in [3.05, 3.63) is 46.6 Å². The summed E-state index contributed by atoms with van der Waals surface area (Å²) >= 11 is 0. The summed E-state index contributed by atoms with van der Waals surface area (Å²) in [5.74, 6) is 0.552. The minimum absolute atomic E-state index is 0.00867. The Balaban J connectivity index is 2.23. The first-order valence-electron chi connectivity index (χ1n) is 9.50. The highest BCUT2D eigenvalue weighted by Crippen LogP contribution is 2.44. The van der Waals surface area contributed by atoms with Crippen molar-refractivity contribution in [1.29, 1.82) is 0 Å². The number of aldehydes is 1. The van der Waals surface area contributed by atoms with E-state index in [0.717, 1.165) is 12.0 Å². The van der Waals surface area contributed by atoms with E-state index in [4.69, 9.17) is 0 Å². The molecule has 27 heavy (non-hydrogen) atoms. The number of phenols is 2. The summed E-state index contributed by atoms with van der Waals surface area (Å²) in [6.45, 7) is 9.95. The van der Waals surface area contributed by atoms with E-state index in [1.807, 2.05) is 26.0 Å². The van der Waals surface area contributed by atoms with Crippen molar-refractivity contribution < 1.29 is 19.8 Å². The molecule has 2 rings (SSSR count). The fraction of sp³-hybridized carbons (Fsp3) is 0.478. The zero-order valence-corrected chi connectivity index (χ0v) is 16.9. The van der Waals surface area contributed by atoms with Gasteiger partial charge in [0.1, 0.15) is 17.3 Å². The van der Waals surface area contributed by atoms with Gasteiger partial charge in [0, 0.05) is 17.9 Å². The smallest absolute Gasteiger partial charge is 0.154 e. The van der Waals surface area contributed by atoms with Gasteiger partial charge in [-0.1, -0.05) is 44.6 Å². The maximum absolute atomic E-state index is 12.1. The van der Waals surface area contributed by atoms with Crippen molar-refractivity contribution in [3.8, 4) is 11.5 Å². The number of aromatic hydroxyl groups is 2. The Bertz CT molecular complexity index is 803. The third-order valence-corrected chi connectivity index (χ3v) is 6.38. The summed E-state index contributed by atoms with van der Waals surface area (Å²) in [4.78, 5) is 23.3. The maximum Gasteiger partial charge on any atom is 0.154 e. The molecule has 0 spiro atoms. The molecule has 0 heterocycles. The van der Waals surface area contributed by atoms with Gasteiger partial charge in [0.15, 0.2) is 6.29 Å². The zero-order valence-electron chi connectivity index (χ0n) is 16.9. The number of phenolic OH excluding ortho intramolecular Hbond substituents is 2. The van der Waals surface area contributed by atoms with Crippen LogP contribution in [0, 0.1) is 24.2 Å². The molecule has 1 aliphatic rings. The van der Waals surface area contributed by atoms with E-state index in [0.29, 0.717) is 42.0 Å². The van der Waals surface area contributed by atoms with Crippen LogP contribution in [-0.4, -0.2) is 22.3 Å². The number of benzene rings is 1. The van der Waals surface area contributed by atoms with E-state index in [-0.39, 0.29) is 28.4 Å². The van der Waals surface area contributed by atoms with Gasteiger partial charge in [-0.3, -0.25) is 9.59 Å². The van der Waals surface area contributed by atoms with Gasteiger partial charge < -0.3 is 10.2 Å². The molecule has 0 aliphatic heterocycles. The number of carbonyl (C=O) groups is 2. The zero-order chi connectivity index (χ0) is 20.4. The molecule has 0 radical (unpaired) electrons. The Hall–Kier alpha value is -2.36. The molecule has 3 atom stereocenters. The summed E-state index contributed by atoms with van der Waals surface area (Å²) < 4.78 is 0. The Morgan fingerprint density at radius 2 is 2.00 bits per heavy atom. The van der Waals surface area contributed by atoms with E-state index in [1.165, 1.54) is 6.07 Å². The maximum atomic E-state index is 12.1. The van der Waals surface area contributed by atoms with Crippen molar-refractivity contribution >= 4 is 12.1 Å². The van der Waals surface area contributed by atoms with E-state index < -0.39 is 0 Å². The highest BCUT2D eigenvalue weighted by molar-refractivity contribution is 5.83. The van der Waals surface area contributed by atoms with Crippen molar-refractivity contribution in [2.75, 3.05) is 0 Å². The van der Waals surface area contributed by atoms with Crippen LogP contribution >= 0.6 is 0 Å². The molecule has 1 saturated carbocycles. The van der Waals surface area contributed by atoms with E-state index in [2.05, 4.69) is 19.9 Å². The van der Waals surface area contributed by atoms with Gasteiger partial charge >= 0.3 is 0 Å². The van der Waals surface area contributed by atoms with Crippen LogP contribution in [0.3, 0.4) is 0 Å². The first kappa shape index (κ1) is 20.9. The summed E-state index contributed by atoms with van der Waals surface area (Å²) in [7, 11) is 0. The average Bonchev–Trinajstić information content (AvgIpc) is 2.61. The van der Waals surface area contributed by atoms with Crippen LogP contribution in [0.25, 0.3) is 0 Å². The molecule has 1 aliphatic carbocycles. The molecule has 0 saturated heterocycles. The second-order valence-corrected chi connectivity index (χ2v) is 8.05. The van der Waals surface area contributed by atoms with Gasteiger partial charge in [0.2, 0.25) is 0 Å². The van der Waals surface area contributed by atoms with E-state index >= 15 is 0 Å². The third-order valence-electron chi connectivity index (χ3n) is 6.38. The largest absolute Gasteiger partial charge is 0.508 e. The Morgan fingerprint density at radius 3 is 2.63 bits per heavy atom. The molecular formula is C23H30O4. The van der Waals surface area contributed by atoms with Crippen LogP contribution < -0.4 is 0 Å². The highest BCUT2D eigenvalue weighted by atomic mass is 16.3. The number of hydrogen-bond acceptors (Lipinski definition) is 4. The SMILES string of the molecule is CC(/C=C/C1(C)C(C)CCC(=O)C1C)=C\Cc1c(O)cc(C)c(C=O)c1O.